The molecule has 0 aromatic rings. The maximum absolute atomic E-state index is 3.62. The minimum Gasteiger partial charge on any atom is -0.305 e. The lowest BCUT2D eigenvalue weighted by Crippen LogP contribution is -1.90. The Kier molecular flexibility index (Phi) is 3.63. The first-order chi connectivity index (χ1) is 3.77. The van der Waals surface area contributed by atoms with E-state index in [-0.39, 0.29) is 0 Å². The molecule has 0 aliphatic rings. The highest BCUT2D eigenvalue weighted by molar-refractivity contribution is 5.56. The van der Waals surface area contributed by atoms with Crippen LogP contribution in [0.3, 0.4) is 0 Å². The van der Waals surface area contributed by atoms with Gasteiger partial charge < -0.3 is 5.43 Å². The molecular weight excluding hydrogens is 100 g/mol. The van der Waals surface area contributed by atoms with Gasteiger partial charge in [0.05, 0.1) is 0 Å². The molecule has 0 fully saturated rings. The van der Waals surface area contributed by atoms with Crippen LogP contribution in [-0.4, -0.2) is 12.9 Å². The van der Waals surface area contributed by atoms with E-state index in [0.717, 1.165) is 5.57 Å². The van der Waals surface area contributed by atoms with Crippen LogP contribution in [0.1, 0.15) is 6.92 Å². The number of nitrogens with zero attached hydrogens (tertiary/aromatic N) is 1. The number of hydrogen-bond donors (Lipinski definition) is 1. The van der Waals surface area contributed by atoms with Gasteiger partial charge in [0.25, 0.3) is 0 Å². The van der Waals surface area contributed by atoms with Crippen LogP contribution >= 0.6 is 0 Å². The standard InChI is InChI=1S/C6H10N2/c1-6(2)4-5-8-7-3/h4,7H,1H2,2-3H3. The second-order valence-corrected chi connectivity index (χ2v) is 1.46. The molecule has 0 atom stereocenters. The predicted molar refractivity (Wildman–Crippen MR) is 35.9 cm³/mol. The van der Waals surface area contributed by atoms with Crippen molar-refractivity contribution in [1.29, 1.82) is 0 Å². The largest absolute Gasteiger partial charge is 0.305 e. The SMILES string of the molecule is C=C(C)C=C=NNC. The Hall–Kier alpha value is -1.01. The molecule has 8 heavy (non-hydrogen) atoms. The molecule has 0 aromatic heterocycles. The van der Waals surface area contributed by atoms with Gasteiger partial charge in [-0.05, 0) is 12.5 Å². The highest BCUT2D eigenvalue weighted by Crippen LogP contribution is 1.81. The monoisotopic (exact) mass is 110 g/mol. The van der Waals surface area contributed by atoms with Gasteiger partial charge in [-0.1, -0.05) is 6.58 Å². The average molecular weight is 110 g/mol. The second kappa shape index (κ2) is 4.16. The molecular formula is C6H10N2. The van der Waals surface area contributed by atoms with Crippen LogP contribution in [0, 0.1) is 0 Å². The fraction of sp³-hybridized carbons (Fsp3) is 0.333. The quantitative estimate of drug-likeness (QED) is 0.319. The number of allylic oxidation sites excluding steroid dienone is 2. The third-order valence-electron chi connectivity index (χ3n) is 0.487. The highest BCUT2D eigenvalue weighted by atomic mass is 15.2. The zero-order valence-electron chi connectivity index (χ0n) is 5.23. The smallest absolute Gasteiger partial charge is 0.0224 e. The van der Waals surface area contributed by atoms with Gasteiger partial charge in [0, 0.05) is 19.0 Å². The van der Waals surface area contributed by atoms with Crippen molar-refractivity contribution in [3.05, 3.63) is 18.2 Å². The van der Waals surface area contributed by atoms with E-state index >= 15 is 0 Å². The first-order valence-corrected chi connectivity index (χ1v) is 2.38. The van der Waals surface area contributed by atoms with Crippen molar-refractivity contribution < 1.29 is 0 Å². The van der Waals surface area contributed by atoms with E-state index in [0.29, 0.717) is 0 Å². The molecule has 0 aromatic carbocycles. The average Bonchev–Trinajstić information content (AvgIpc) is 1.66. The maximum atomic E-state index is 3.62. The summed E-state index contributed by atoms with van der Waals surface area (Å²) in [5.74, 6) is 2.62. The van der Waals surface area contributed by atoms with E-state index in [1.807, 2.05) is 6.92 Å². The van der Waals surface area contributed by atoms with Gasteiger partial charge in [-0.15, -0.1) is 5.10 Å². The summed E-state index contributed by atoms with van der Waals surface area (Å²) >= 11 is 0. The molecule has 0 spiro atoms. The molecule has 0 saturated heterocycles. The summed E-state index contributed by atoms with van der Waals surface area (Å²) in [5.41, 5.74) is 3.51. The van der Waals surface area contributed by atoms with Crippen LogP contribution in [0.15, 0.2) is 23.3 Å². The lowest BCUT2D eigenvalue weighted by Gasteiger charge is -1.77. The van der Waals surface area contributed by atoms with Gasteiger partial charge in [0.2, 0.25) is 0 Å². The lowest BCUT2D eigenvalue weighted by atomic mass is 10.4. The Balaban J connectivity index is 3.64. The van der Waals surface area contributed by atoms with Gasteiger partial charge >= 0.3 is 0 Å². The number of nitrogens with one attached hydrogen (secondary N) is 1. The van der Waals surface area contributed by atoms with E-state index in [4.69, 9.17) is 0 Å². The molecule has 0 radical (unpaired) electrons. The van der Waals surface area contributed by atoms with Gasteiger partial charge in [-0.25, -0.2) is 0 Å². The zero-order valence-corrected chi connectivity index (χ0v) is 5.23. The molecule has 0 unspecified atom stereocenters. The molecule has 2 heteroatoms. The van der Waals surface area contributed by atoms with Crippen molar-refractivity contribution >= 4 is 5.87 Å². The Morgan fingerprint density at radius 3 is 2.88 bits per heavy atom. The molecule has 2 nitrogen and oxygen atoms in total. The molecule has 0 heterocycles. The van der Waals surface area contributed by atoms with E-state index in [2.05, 4.69) is 23.0 Å². The van der Waals surface area contributed by atoms with Crippen molar-refractivity contribution in [3.63, 3.8) is 0 Å². The summed E-state index contributed by atoms with van der Waals surface area (Å²) < 4.78 is 0. The Morgan fingerprint density at radius 1 is 1.88 bits per heavy atom. The fourth-order valence-electron chi connectivity index (χ4n) is 0.207. The van der Waals surface area contributed by atoms with Crippen molar-refractivity contribution in [3.8, 4) is 0 Å². The van der Waals surface area contributed by atoms with E-state index in [1.165, 1.54) is 0 Å². The van der Waals surface area contributed by atoms with Gasteiger partial charge in [0.1, 0.15) is 0 Å². The van der Waals surface area contributed by atoms with Crippen molar-refractivity contribution in [2.75, 3.05) is 7.05 Å². The Labute approximate surface area is 49.6 Å². The summed E-state index contributed by atoms with van der Waals surface area (Å²) in [7, 11) is 1.72. The first kappa shape index (κ1) is 6.99. The summed E-state index contributed by atoms with van der Waals surface area (Å²) in [4.78, 5) is 0. The van der Waals surface area contributed by atoms with Crippen LogP contribution in [0.4, 0.5) is 0 Å². The maximum Gasteiger partial charge on any atom is 0.0224 e. The summed E-state index contributed by atoms with van der Waals surface area (Å²) in [6.07, 6.45) is 1.70. The Morgan fingerprint density at radius 2 is 2.50 bits per heavy atom. The molecule has 0 aliphatic heterocycles. The van der Waals surface area contributed by atoms with Crippen molar-refractivity contribution in [2.24, 2.45) is 5.10 Å². The molecule has 1 N–H and O–H groups in total. The van der Waals surface area contributed by atoms with Crippen LogP contribution < -0.4 is 5.43 Å². The topological polar surface area (TPSA) is 24.4 Å². The summed E-state index contributed by atoms with van der Waals surface area (Å²) in [6.45, 7) is 5.51. The van der Waals surface area contributed by atoms with Crippen molar-refractivity contribution in [2.45, 2.75) is 6.92 Å². The Bertz CT molecular complexity index is 129. The minimum absolute atomic E-state index is 0.948. The first-order valence-electron chi connectivity index (χ1n) is 2.38. The van der Waals surface area contributed by atoms with E-state index in [1.54, 1.807) is 13.1 Å². The third-order valence-corrected chi connectivity index (χ3v) is 0.487. The second-order valence-electron chi connectivity index (χ2n) is 1.46. The fourth-order valence-corrected chi connectivity index (χ4v) is 0.207. The third kappa shape index (κ3) is 4.99. The van der Waals surface area contributed by atoms with E-state index in [9.17, 15) is 0 Å². The molecule has 0 amide bonds. The summed E-state index contributed by atoms with van der Waals surface area (Å²) in [6, 6.07) is 0. The number of hydrazone groups is 1. The molecule has 0 rings (SSSR count). The number of hydrogen-bond acceptors (Lipinski definition) is 2. The van der Waals surface area contributed by atoms with Gasteiger partial charge in [-0.2, -0.15) is 0 Å². The highest BCUT2D eigenvalue weighted by Gasteiger charge is 1.65. The molecule has 0 aliphatic carbocycles. The lowest BCUT2D eigenvalue weighted by molar-refractivity contribution is 0.911. The minimum atomic E-state index is 0.948. The van der Waals surface area contributed by atoms with Crippen molar-refractivity contribution in [1.82, 2.24) is 5.43 Å². The molecule has 44 valence electrons. The van der Waals surface area contributed by atoms with E-state index < -0.39 is 0 Å². The normalized spacial score (nSPS) is 6.75. The van der Waals surface area contributed by atoms with Crippen LogP contribution in [0.25, 0.3) is 0 Å². The van der Waals surface area contributed by atoms with Crippen LogP contribution in [0.2, 0.25) is 0 Å². The number of rotatable bonds is 2. The van der Waals surface area contributed by atoms with Gasteiger partial charge in [0.15, 0.2) is 0 Å². The van der Waals surface area contributed by atoms with Crippen LogP contribution in [0.5, 0.6) is 0 Å². The molecule has 0 saturated carbocycles. The van der Waals surface area contributed by atoms with Crippen LogP contribution in [-0.2, 0) is 0 Å². The zero-order chi connectivity index (χ0) is 6.41. The predicted octanol–water partition coefficient (Wildman–Crippen LogP) is 0.923. The molecule has 0 bridgehead atoms. The van der Waals surface area contributed by atoms with Gasteiger partial charge in [-0.3, -0.25) is 0 Å². The summed E-state index contributed by atoms with van der Waals surface area (Å²) in [5, 5.41) is 3.60.